The zero-order valence-corrected chi connectivity index (χ0v) is 9.98. The first-order valence-corrected chi connectivity index (χ1v) is 6.44. The van der Waals surface area contributed by atoms with Crippen molar-refractivity contribution >= 4 is 22.6 Å². The topological polar surface area (TPSA) is 0 Å². The number of hydrogen-bond acceptors (Lipinski definition) is 0. The summed E-state index contributed by atoms with van der Waals surface area (Å²) in [5, 5.41) is 0. The van der Waals surface area contributed by atoms with E-state index in [4.69, 9.17) is 6.42 Å². The zero-order chi connectivity index (χ0) is 9.07. The Morgan fingerprint density at radius 2 is 1.33 bits per heavy atom. The molecule has 0 heterocycles. The third kappa shape index (κ3) is 10.3. The van der Waals surface area contributed by atoms with Crippen LogP contribution in [0.1, 0.15) is 51.4 Å². The highest BCUT2D eigenvalue weighted by Gasteiger charge is 1.89. The molecular weight excluding hydrogens is 259 g/mol. The lowest BCUT2D eigenvalue weighted by Gasteiger charge is -1.98. The van der Waals surface area contributed by atoms with Crippen LogP contribution in [-0.2, 0) is 0 Å². The Morgan fingerprint density at radius 3 is 1.83 bits per heavy atom. The van der Waals surface area contributed by atoms with Crippen molar-refractivity contribution in [3.63, 3.8) is 0 Å². The van der Waals surface area contributed by atoms with E-state index in [0.29, 0.717) is 0 Å². The molecular formula is C11H19I. The van der Waals surface area contributed by atoms with E-state index in [1.807, 2.05) is 0 Å². The number of unbranched alkanes of at least 4 members (excludes halogenated alkanes) is 7. The standard InChI is InChI=1S/C11H19I/c1-2-3-4-5-6-7-8-9-10-11-12/h1H,3-11H2. The molecule has 1 heteroatoms. The van der Waals surface area contributed by atoms with Gasteiger partial charge < -0.3 is 0 Å². The molecule has 0 N–H and O–H groups in total. The maximum absolute atomic E-state index is 5.16. The first-order chi connectivity index (χ1) is 5.91. The van der Waals surface area contributed by atoms with E-state index >= 15 is 0 Å². The van der Waals surface area contributed by atoms with Gasteiger partial charge in [-0.05, 0) is 17.3 Å². The quantitative estimate of drug-likeness (QED) is 0.270. The highest BCUT2D eigenvalue weighted by atomic mass is 127. The van der Waals surface area contributed by atoms with Crippen LogP contribution in [0.3, 0.4) is 0 Å². The van der Waals surface area contributed by atoms with Crippen LogP contribution in [0.2, 0.25) is 0 Å². The third-order valence-corrected chi connectivity index (χ3v) is 2.72. The highest BCUT2D eigenvalue weighted by Crippen LogP contribution is 2.08. The number of rotatable bonds is 8. The van der Waals surface area contributed by atoms with Crippen molar-refractivity contribution < 1.29 is 0 Å². The lowest BCUT2D eigenvalue weighted by molar-refractivity contribution is 0.596. The average molecular weight is 278 g/mol. The fraction of sp³-hybridized carbons (Fsp3) is 0.818. The second kappa shape index (κ2) is 11.3. The first kappa shape index (κ1) is 12.3. The predicted molar refractivity (Wildman–Crippen MR) is 64.7 cm³/mol. The predicted octanol–water partition coefficient (Wildman–Crippen LogP) is 4.18. The largest absolute Gasteiger partial charge is 0.120 e. The van der Waals surface area contributed by atoms with Gasteiger partial charge in [-0.2, -0.15) is 0 Å². The molecule has 0 fully saturated rings. The third-order valence-electron chi connectivity index (χ3n) is 1.95. The molecule has 12 heavy (non-hydrogen) atoms. The molecule has 0 nitrogen and oxygen atoms in total. The van der Waals surface area contributed by atoms with Gasteiger partial charge in [0.15, 0.2) is 0 Å². The highest BCUT2D eigenvalue weighted by molar-refractivity contribution is 14.1. The smallest absolute Gasteiger partial charge is 0.00860 e. The Labute approximate surface area is 90.6 Å². The molecule has 0 aromatic rings. The van der Waals surface area contributed by atoms with Crippen molar-refractivity contribution in [2.24, 2.45) is 0 Å². The Hall–Kier alpha value is 0.290. The van der Waals surface area contributed by atoms with Crippen LogP contribution in [-0.4, -0.2) is 4.43 Å². The molecule has 70 valence electrons. The Balaban J connectivity index is 2.78. The Bertz CT molecular complexity index is 113. The van der Waals surface area contributed by atoms with Crippen LogP contribution in [0.25, 0.3) is 0 Å². The van der Waals surface area contributed by atoms with Crippen molar-refractivity contribution in [1.29, 1.82) is 0 Å². The average Bonchev–Trinajstić information content (AvgIpc) is 2.10. The summed E-state index contributed by atoms with van der Waals surface area (Å²) in [4.78, 5) is 0. The van der Waals surface area contributed by atoms with Crippen LogP contribution in [0.4, 0.5) is 0 Å². The number of hydrogen-bond donors (Lipinski definition) is 0. The maximum Gasteiger partial charge on any atom is 0.00860 e. The molecule has 0 amide bonds. The van der Waals surface area contributed by atoms with Crippen molar-refractivity contribution in [3.8, 4) is 12.3 Å². The van der Waals surface area contributed by atoms with Gasteiger partial charge >= 0.3 is 0 Å². The van der Waals surface area contributed by atoms with Gasteiger partial charge in [0, 0.05) is 6.42 Å². The van der Waals surface area contributed by atoms with E-state index in [-0.39, 0.29) is 0 Å². The van der Waals surface area contributed by atoms with Crippen molar-refractivity contribution in [2.75, 3.05) is 4.43 Å². The lowest BCUT2D eigenvalue weighted by atomic mass is 10.1. The van der Waals surface area contributed by atoms with Crippen LogP contribution >= 0.6 is 22.6 Å². The molecule has 0 aliphatic carbocycles. The zero-order valence-electron chi connectivity index (χ0n) is 7.82. The molecule has 0 saturated carbocycles. The number of terminal acetylenes is 1. The molecule has 0 saturated heterocycles. The van der Waals surface area contributed by atoms with Crippen LogP contribution in [0, 0.1) is 12.3 Å². The van der Waals surface area contributed by atoms with Crippen LogP contribution < -0.4 is 0 Å². The lowest BCUT2D eigenvalue weighted by Crippen LogP contribution is -1.80. The summed E-state index contributed by atoms with van der Waals surface area (Å²) in [6, 6.07) is 0. The summed E-state index contributed by atoms with van der Waals surface area (Å²) < 4.78 is 1.31. The first-order valence-electron chi connectivity index (χ1n) is 4.91. The van der Waals surface area contributed by atoms with Gasteiger partial charge in [-0.1, -0.05) is 54.7 Å². The van der Waals surface area contributed by atoms with Gasteiger partial charge in [0.05, 0.1) is 0 Å². The molecule has 0 rings (SSSR count). The SMILES string of the molecule is C#CCCCCCCCCCI. The monoisotopic (exact) mass is 278 g/mol. The van der Waals surface area contributed by atoms with E-state index in [9.17, 15) is 0 Å². The molecule has 0 bridgehead atoms. The van der Waals surface area contributed by atoms with Gasteiger partial charge in [-0.3, -0.25) is 0 Å². The minimum atomic E-state index is 0.966. The summed E-state index contributed by atoms with van der Waals surface area (Å²) >= 11 is 2.44. The molecule has 0 radical (unpaired) electrons. The Morgan fingerprint density at radius 1 is 0.833 bits per heavy atom. The molecule has 0 unspecified atom stereocenters. The molecule has 0 atom stereocenters. The maximum atomic E-state index is 5.16. The van der Waals surface area contributed by atoms with Gasteiger partial charge in [-0.15, -0.1) is 12.3 Å². The Kier molecular flexibility index (Phi) is 11.6. The fourth-order valence-corrected chi connectivity index (χ4v) is 1.74. The van der Waals surface area contributed by atoms with E-state index < -0.39 is 0 Å². The van der Waals surface area contributed by atoms with Crippen molar-refractivity contribution in [2.45, 2.75) is 51.4 Å². The second-order valence-electron chi connectivity index (χ2n) is 3.12. The second-order valence-corrected chi connectivity index (χ2v) is 4.20. The molecule has 0 aliphatic rings. The summed E-state index contributed by atoms with van der Waals surface area (Å²) in [5.41, 5.74) is 0. The summed E-state index contributed by atoms with van der Waals surface area (Å²) in [7, 11) is 0. The molecule has 0 aliphatic heterocycles. The van der Waals surface area contributed by atoms with Crippen LogP contribution in [0.5, 0.6) is 0 Å². The molecule has 0 aromatic heterocycles. The van der Waals surface area contributed by atoms with Gasteiger partial charge in [0.1, 0.15) is 0 Å². The minimum Gasteiger partial charge on any atom is -0.120 e. The van der Waals surface area contributed by atoms with Crippen molar-refractivity contribution in [1.82, 2.24) is 0 Å². The van der Waals surface area contributed by atoms with Gasteiger partial charge in [0.25, 0.3) is 0 Å². The molecule has 0 spiro atoms. The van der Waals surface area contributed by atoms with Gasteiger partial charge in [-0.25, -0.2) is 0 Å². The summed E-state index contributed by atoms with van der Waals surface area (Å²) in [6.45, 7) is 0. The molecule has 0 aromatic carbocycles. The van der Waals surface area contributed by atoms with E-state index in [1.165, 1.54) is 49.4 Å². The van der Waals surface area contributed by atoms with E-state index in [2.05, 4.69) is 28.5 Å². The van der Waals surface area contributed by atoms with E-state index in [0.717, 1.165) is 6.42 Å². The summed E-state index contributed by atoms with van der Waals surface area (Å²) in [5.74, 6) is 2.68. The van der Waals surface area contributed by atoms with Gasteiger partial charge in [0.2, 0.25) is 0 Å². The summed E-state index contributed by atoms with van der Waals surface area (Å²) in [6.07, 6.45) is 15.7. The van der Waals surface area contributed by atoms with Crippen LogP contribution in [0.15, 0.2) is 0 Å². The van der Waals surface area contributed by atoms with E-state index in [1.54, 1.807) is 0 Å². The normalized spacial score (nSPS) is 9.67. The number of alkyl halides is 1. The van der Waals surface area contributed by atoms with Crippen molar-refractivity contribution in [3.05, 3.63) is 0 Å². The number of halogens is 1. The minimum absolute atomic E-state index is 0.966. The fourth-order valence-electron chi connectivity index (χ4n) is 1.21.